The van der Waals surface area contributed by atoms with Gasteiger partial charge in [-0.1, -0.05) is 64.4 Å². The van der Waals surface area contributed by atoms with Crippen LogP contribution in [0.1, 0.15) is 117 Å². The summed E-state index contributed by atoms with van der Waals surface area (Å²) in [4.78, 5) is 121. The highest BCUT2D eigenvalue weighted by Gasteiger charge is 2.40. The largest absolute Gasteiger partial charge is 0.480 e. The molecule has 0 saturated carbocycles. The number of carbonyl (C=O) groups excluding carboxylic acids is 8. The lowest BCUT2D eigenvalue weighted by molar-refractivity contribution is -0.158. The van der Waals surface area contributed by atoms with Crippen molar-refractivity contribution >= 4 is 53.3 Å². The lowest BCUT2D eigenvalue weighted by Gasteiger charge is -2.31. The van der Waals surface area contributed by atoms with E-state index in [1.165, 1.54) is 18.9 Å². The summed E-state index contributed by atoms with van der Waals surface area (Å²) in [6.07, 6.45) is 3.18. The number of unbranched alkanes of at least 4 members (excludes halogenated alkanes) is 2. The van der Waals surface area contributed by atoms with Gasteiger partial charge in [0.05, 0.1) is 6.61 Å². The van der Waals surface area contributed by atoms with Crippen molar-refractivity contribution in [2.45, 2.75) is 160 Å². The number of likely N-dealkylation sites (tertiary alicyclic amines) is 1. The molecule has 7 amide bonds. The second-order valence-electron chi connectivity index (χ2n) is 18.7. The van der Waals surface area contributed by atoms with Gasteiger partial charge in [0.1, 0.15) is 42.9 Å². The first-order valence-electron chi connectivity index (χ1n) is 25.4. The van der Waals surface area contributed by atoms with Crippen molar-refractivity contribution in [3.63, 3.8) is 0 Å². The normalized spacial score (nSPS) is 16.2. The maximum Gasteiger partial charge on any atom is 0.332 e. The predicted molar refractivity (Wildman–Crippen MR) is 267 cm³/mol. The predicted octanol–water partition coefficient (Wildman–Crippen LogP) is 0.570. The molecule has 1 heterocycles. The summed E-state index contributed by atoms with van der Waals surface area (Å²) in [6.45, 7) is 9.89. The van der Waals surface area contributed by atoms with E-state index >= 15 is 0 Å². The number of esters is 1. The summed E-state index contributed by atoms with van der Waals surface area (Å²) in [7, 11) is 1.33. The Balaban J connectivity index is 2.16. The average molecular weight is 1020 g/mol. The number of aliphatic carboxylic acids is 1. The van der Waals surface area contributed by atoms with Gasteiger partial charge in [-0.15, -0.1) is 0 Å². The van der Waals surface area contributed by atoms with E-state index in [9.17, 15) is 48.3 Å². The number of nitrogens with one attached hydrogen (secondary N) is 6. The molecule has 0 aliphatic carbocycles. The minimum Gasteiger partial charge on any atom is -0.480 e. The molecule has 8 atom stereocenters. The Kier molecular flexibility index (Phi) is 30.0. The van der Waals surface area contributed by atoms with Crippen molar-refractivity contribution < 1.29 is 62.5 Å². The van der Waals surface area contributed by atoms with Crippen molar-refractivity contribution in [3.05, 3.63) is 35.9 Å². The Bertz CT molecular complexity index is 1870. The monoisotopic (exact) mass is 1020 g/mol. The van der Waals surface area contributed by atoms with Crippen molar-refractivity contribution in [1.82, 2.24) is 36.8 Å². The number of nitrogens with two attached hydrogens (primary N) is 2. The van der Waals surface area contributed by atoms with E-state index in [2.05, 4.69) is 36.6 Å². The van der Waals surface area contributed by atoms with Gasteiger partial charge in [-0.25, -0.2) is 9.59 Å². The van der Waals surface area contributed by atoms with E-state index < -0.39 is 102 Å². The molecule has 1 aliphatic rings. The van der Waals surface area contributed by atoms with E-state index in [1.54, 1.807) is 37.3 Å². The van der Waals surface area contributed by atoms with Crippen molar-refractivity contribution in [2.24, 2.45) is 23.3 Å². The van der Waals surface area contributed by atoms with Crippen LogP contribution in [-0.4, -0.2) is 159 Å². The number of amides is 7. The van der Waals surface area contributed by atoms with Gasteiger partial charge in [0, 0.05) is 39.6 Å². The topological polar surface area (TPSA) is 329 Å². The summed E-state index contributed by atoms with van der Waals surface area (Å²) in [6, 6.07) is 2.28. The Morgan fingerprint density at radius 2 is 1.39 bits per heavy atom. The smallest absolute Gasteiger partial charge is 0.332 e. The zero-order valence-corrected chi connectivity index (χ0v) is 43.2. The van der Waals surface area contributed by atoms with Crippen LogP contribution in [-0.2, 0) is 63.8 Å². The Morgan fingerprint density at radius 3 is 2.00 bits per heavy atom. The van der Waals surface area contributed by atoms with Gasteiger partial charge in [-0.2, -0.15) is 0 Å². The Hall–Kier alpha value is -5.71. The Morgan fingerprint density at radius 1 is 0.750 bits per heavy atom. The minimum absolute atomic E-state index is 0.0238. The molecule has 0 radical (unpaired) electrons. The summed E-state index contributed by atoms with van der Waals surface area (Å²) in [5.41, 5.74) is 12.3. The first kappa shape index (κ1) is 62.4. The molecule has 11 N–H and O–H groups in total. The van der Waals surface area contributed by atoms with Gasteiger partial charge in [0.2, 0.25) is 35.4 Å². The third-order valence-corrected chi connectivity index (χ3v) is 12.2. The number of hydrogen-bond donors (Lipinski definition) is 9. The van der Waals surface area contributed by atoms with Crippen molar-refractivity contribution in [2.75, 3.05) is 53.1 Å². The zero-order valence-electron chi connectivity index (χ0n) is 43.2. The van der Waals surface area contributed by atoms with Crippen molar-refractivity contribution in [3.8, 4) is 0 Å². The molecule has 22 nitrogen and oxygen atoms in total. The summed E-state index contributed by atoms with van der Waals surface area (Å²) in [5, 5.41) is 26.5. The summed E-state index contributed by atoms with van der Waals surface area (Å²) < 4.78 is 15.2. The molecule has 1 aromatic rings. The van der Waals surface area contributed by atoms with Crippen molar-refractivity contribution in [1.29, 1.82) is 0 Å². The molecule has 0 spiro atoms. The molecule has 2 rings (SSSR count). The van der Waals surface area contributed by atoms with Gasteiger partial charge in [0.15, 0.2) is 6.10 Å². The fraction of sp³-hybridized carbons (Fsp3) is 0.700. The maximum atomic E-state index is 14.3. The third kappa shape index (κ3) is 23.2. The second kappa shape index (κ2) is 34.6. The number of carbonyl (C=O) groups is 9. The van der Waals surface area contributed by atoms with E-state index in [4.69, 9.17) is 20.9 Å². The van der Waals surface area contributed by atoms with Gasteiger partial charge in [-0.3, -0.25) is 33.6 Å². The standard InChI is InChI=1S/C50H83N9O13/c1-7-33(4)43(58-46(64)38(29-32(2)3)54-41(60)22-16-27-71-28-25-53-44(62)34(5)72-42(61)31-70-6)48(66)55-36(19-11-13-23-51)45(63)56-37(20-12-14-24-52)49(67)59-26-15-21-40(59)47(65)57-39(50(68)69)30-35-17-9-8-10-18-35/h8-10,17-18,32-34,36-40,43H,7,11-16,19-31,51-52H2,1-6H3,(H,53,62)(H,54,60)(H,55,66)(H,56,63)(H,57,65)(H,58,64)(H,68,69). The van der Waals surface area contributed by atoms with E-state index in [-0.39, 0.29) is 70.9 Å². The number of rotatable bonds is 36. The van der Waals surface area contributed by atoms with Gasteiger partial charge in [-0.05, 0) is 102 Å². The van der Waals surface area contributed by atoms with Crippen LogP contribution in [0.2, 0.25) is 0 Å². The molecule has 406 valence electrons. The lowest BCUT2D eigenvalue weighted by atomic mass is 9.96. The third-order valence-electron chi connectivity index (χ3n) is 12.2. The molecule has 0 aromatic heterocycles. The highest BCUT2D eigenvalue weighted by Crippen LogP contribution is 2.21. The number of nitrogens with zero attached hydrogens (tertiary/aromatic N) is 1. The van der Waals surface area contributed by atoms with E-state index in [0.717, 1.165) is 0 Å². The fourth-order valence-electron chi connectivity index (χ4n) is 8.02. The van der Waals surface area contributed by atoms with Gasteiger partial charge >= 0.3 is 11.9 Å². The van der Waals surface area contributed by atoms with Gasteiger partial charge in [0.25, 0.3) is 5.91 Å². The number of hydrogen-bond acceptors (Lipinski definition) is 14. The molecule has 0 bridgehead atoms. The molecule has 1 aromatic carbocycles. The molecule has 1 aliphatic heterocycles. The van der Waals surface area contributed by atoms with Crippen LogP contribution in [0, 0.1) is 11.8 Å². The molecular formula is C50H83N9O13. The highest BCUT2D eigenvalue weighted by atomic mass is 16.6. The first-order valence-corrected chi connectivity index (χ1v) is 25.4. The summed E-state index contributed by atoms with van der Waals surface area (Å²) >= 11 is 0. The van der Waals surface area contributed by atoms with Crippen LogP contribution in [0.15, 0.2) is 30.3 Å². The van der Waals surface area contributed by atoms with E-state index in [0.29, 0.717) is 70.0 Å². The number of carboxylic acid groups (broad SMARTS) is 1. The summed E-state index contributed by atoms with van der Waals surface area (Å²) in [5.74, 6) is -6.25. The number of ether oxygens (including phenoxy) is 3. The number of methoxy groups -OCH3 is 1. The Labute approximate surface area is 424 Å². The molecule has 8 unspecified atom stereocenters. The maximum absolute atomic E-state index is 14.3. The molecule has 22 heteroatoms. The molecular weight excluding hydrogens is 935 g/mol. The second-order valence-corrected chi connectivity index (χ2v) is 18.7. The van der Waals surface area contributed by atoms with E-state index in [1.807, 2.05) is 20.8 Å². The zero-order chi connectivity index (χ0) is 53.6. The van der Waals surface area contributed by atoms with Gasteiger partial charge < -0.3 is 67.6 Å². The minimum atomic E-state index is -1.24. The lowest BCUT2D eigenvalue weighted by Crippen LogP contribution is -2.60. The number of benzene rings is 1. The fourth-order valence-corrected chi connectivity index (χ4v) is 8.02. The first-order chi connectivity index (χ1) is 34.4. The quantitative estimate of drug-likeness (QED) is 0.0328. The molecule has 1 fully saturated rings. The van der Waals surface area contributed by atoms with Crippen LogP contribution >= 0.6 is 0 Å². The highest BCUT2D eigenvalue weighted by molar-refractivity contribution is 5.97. The van der Waals surface area contributed by atoms with Crippen LogP contribution in [0.4, 0.5) is 0 Å². The van der Waals surface area contributed by atoms with Crippen LogP contribution < -0.4 is 43.4 Å². The van der Waals surface area contributed by atoms with Crippen LogP contribution in [0.5, 0.6) is 0 Å². The molecule has 1 saturated heterocycles. The van der Waals surface area contributed by atoms with Crippen LogP contribution in [0.25, 0.3) is 0 Å². The average Bonchev–Trinajstić information content (AvgIpc) is 3.84. The van der Waals surface area contributed by atoms with Crippen LogP contribution in [0.3, 0.4) is 0 Å². The molecule has 72 heavy (non-hydrogen) atoms. The number of carboxylic acids is 1. The SMILES string of the molecule is CCC(C)C(NC(=O)C(CC(C)C)NC(=O)CCCOCCNC(=O)C(C)OC(=O)COC)C(=O)NC(CCCCN)C(=O)NC(CCCCN)C(=O)N1CCCC1C(=O)NC(Cc1ccccc1)C(=O)O.